The summed E-state index contributed by atoms with van der Waals surface area (Å²) in [7, 11) is 0. The molecule has 0 spiro atoms. The summed E-state index contributed by atoms with van der Waals surface area (Å²) in [4.78, 5) is 28.5. The number of imidazole rings is 1. The van der Waals surface area contributed by atoms with Gasteiger partial charge < -0.3 is 15.4 Å². The highest BCUT2D eigenvalue weighted by Gasteiger charge is 2.01. The number of hydrogen-bond acceptors (Lipinski definition) is 3. The monoisotopic (exact) mass is 231 g/mol. The first-order valence-electron chi connectivity index (χ1n) is 4.80. The van der Waals surface area contributed by atoms with Crippen molar-refractivity contribution in [2.45, 2.75) is 0 Å². The maximum atomic E-state index is 11.3. The highest BCUT2D eigenvalue weighted by molar-refractivity contribution is 6.03. The molecule has 0 saturated heterocycles. The average Bonchev–Trinajstić information content (AvgIpc) is 2.73. The number of fused-ring (bicyclic) bond motifs is 1. The Morgan fingerprint density at radius 2 is 2.18 bits per heavy atom. The fourth-order valence-electron chi connectivity index (χ4n) is 1.34. The van der Waals surface area contributed by atoms with Crippen LogP contribution in [0, 0.1) is 0 Å². The lowest BCUT2D eigenvalue weighted by atomic mass is 10.2. The molecule has 1 amide bonds. The van der Waals surface area contributed by atoms with E-state index in [0.29, 0.717) is 5.69 Å². The number of aromatic amines is 1. The molecule has 0 saturated carbocycles. The van der Waals surface area contributed by atoms with E-state index in [9.17, 15) is 9.59 Å². The minimum atomic E-state index is -1.16. The molecular weight excluding hydrogens is 222 g/mol. The summed E-state index contributed by atoms with van der Waals surface area (Å²) in [5.41, 5.74) is 2.16. The van der Waals surface area contributed by atoms with Crippen LogP contribution in [0.5, 0.6) is 0 Å². The number of amides is 1. The SMILES string of the molecule is O=C(O)/C=C/C(=O)Nc1ccc2nc[nH]c2c1. The molecule has 2 rings (SSSR count). The Morgan fingerprint density at radius 1 is 1.35 bits per heavy atom. The zero-order chi connectivity index (χ0) is 12.3. The Morgan fingerprint density at radius 3 is 2.94 bits per heavy atom. The van der Waals surface area contributed by atoms with E-state index < -0.39 is 11.9 Å². The van der Waals surface area contributed by atoms with Gasteiger partial charge in [-0.05, 0) is 18.2 Å². The minimum absolute atomic E-state index is 0.494. The van der Waals surface area contributed by atoms with Gasteiger partial charge in [-0.1, -0.05) is 0 Å². The number of aromatic nitrogens is 2. The minimum Gasteiger partial charge on any atom is -0.478 e. The van der Waals surface area contributed by atoms with Crippen molar-refractivity contribution in [3.8, 4) is 0 Å². The molecule has 6 nitrogen and oxygen atoms in total. The Labute approximate surface area is 96.0 Å². The summed E-state index contributed by atoms with van der Waals surface area (Å²) in [6, 6.07) is 5.16. The van der Waals surface area contributed by atoms with Crippen molar-refractivity contribution < 1.29 is 14.7 Å². The molecule has 0 aliphatic rings. The Bertz CT molecular complexity index is 601. The van der Waals surface area contributed by atoms with Gasteiger partial charge in [0.25, 0.3) is 0 Å². The number of carboxylic acid groups (broad SMARTS) is 1. The van der Waals surface area contributed by atoms with Gasteiger partial charge in [-0.25, -0.2) is 9.78 Å². The van der Waals surface area contributed by atoms with E-state index in [4.69, 9.17) is 5.11 Å². The van der Waals surface area contributed by atoms with Crippen LogP contribution in [0.4, 0.5) is 5.69 Å². The predicted octanol–water partition coefficient (Wildman–Crippen LogP) is 1.14. The fourth-order valence-corrected chi connectivity index (χ4v) is 1.34. The van der Waals surface area contributed by atoms with Gasteiger partial charge in [-0.2, -0.15) is 0 Å². The maximum absolute atomic E-state index is 11.3. The molecule has 0 aliphatic carbocycles. The molecule has 17 heavy (non-hydrogen) atoms. The maximum Gasteiger partial charge on any atom is 0.328 e. The molecule has 1 aromatic heterocycles. The fraction of sp³-hybridized carbons (Fsp3) is 0. The summed E-state index contributed by atoms with van der Waals surface area (Å²) in [6.07, 6.45) is 3.30. The van der Waals surface area contributed by atoms with Gasteiger partial charge in [-0.3, -0.25) is 4.79 Å². The number of anilines is 1. The third kappa shape index (κ3) is 2.69. The number of aliphatic carboxylic acids is 1. The van der Waals surface area contributed by atoms with Gasteiger partial charge in [0.05, 0.1) is 17.4 Å². The third-order valence-corrected chi connectivity index (χ3v) is 2.07. The molecule has 0 fully saturated rings. The molecule has 0 unspecified atom stereocenters. The number of carboxylic acids is 1. The number of nitrogens with zero attached hydrogens (tertiary/aromatic N) is 1. The lowest BCUT2D eigenvalue weighted by molar-refractivity contribution is -0.131. The zero-order valence-corrected chi connectivity index (χ0v) is 8.68. The molecule has 1 aromatic carbocycles. The van der Waals surface area contributed by atoms with Crippen LogP contribution in [0.2, 0.25) is 0 Å². The molecule has 86 valence electrons. The highest BCUT2D eigenvalue weighted by Crippen LogP contribution is 2.15. The molecule has 0 bridgehead atoms. The standard InChI is InChI=1S/C11H9N3O3/c15-10(3-4-11(16)17)14-7-1-2-8-9(5-7)13-6-12-8/h1-6H,(H,12,13)(H,14,15)(H,16,17)/b4-3+. The van der Waals surface area contributed by atoms with Crippen LogP contribution in [0.3, 0.4) is 0 Å². The van der Waals surface area contributed by atoms with Gasteiger partial charge in [-0.15, -0.1) is 0 Å². The number of H-pyrrole nitrogens is 1. The van der Waals surface area contributed by atoms with Gasteiger partial charge in [0.15, 0.2) is 0 Å². The first-order chi connectivity index (χ1) is 8.15. The molecule has 1 heterocycles. The van der Waals surface area contributed by atoms with E-state index in [0.717, 1.165) is 23.2 Å². The van der Waals surface area contributed by atoms with E-state index in [2.05, 4.69) is 15.3 Å². The van der Waals surface area contributed by atoms with E-state index >= 15 is 0 Å². The molecular formula is C11H9N3O3. The second kappa shape index (κ2) is 4.48. The number of carbonyl (C=O) groups excluding carboxylic acids is 1. The molecule has 0 atom stereocenters. The van der Waals surface area contributed by atoms with Crippen molar-refractivity contribution in [2.75, 3.05) is 5.32 Å². The van der Waals surface area contributed by atoms with E-state index in [1.54, 1.807) is 24.5 Å². The zero-order valence-electron chi connectivity index (χ0n) is 8.68. The average molecular weight is 231 g/mol. The van der Waals surface area contributed by atoms with Crippen molar-refractivity contribution in [1.82, 2.24) is 9.97 Å². The Balaban J connectivity index is 2.12. The molecule has 2 aromatic rings. The topological polar surface area (TPSA) is 95.1 Å². The lowest BCUT2D eigenvalue weighted by Gasteiger charge is -2.01. The summed E-state index contributed by atoms with van der Waals surface area (Å²) < 4.78 is 0. The van der Waals surface area contributed by atoms with Crippen molar-refractivity contribution in [2.24, 2.45) is 0 Å². The van der Waals surface area contributed by atoms with Gasteiger partial charge in [0, 0.05) is 17.8 Å². The van der Waals surface area contributed by atoms with E-state index in [-0.39, 0.29) is 0 Å². The van der Waals surface area contributed by atoms with Gasteiger partial charge in [0.2, 0.25) is 5.91 Å². The van der Waals surface area contributed by atoms with Crippen LogP contribution in [0.1, 0.15) is 0 Å². The first kappa shape index (κ1) is 10.9. The van der Waals surface area contributed by atoms with E-state index in [1.165, 1.54) is 0 Å². The summed E-state index contributed by atoms with van der Waals surface area (Å²) >= 11 is 0. The van der Waals surface area contributed by atoms with Crippen molar-refractivity contribution >= 4 is 28.6 Å². The number of carbonyl (C=O) groups is 2. The van der Waals surface area contributed by atoms with Crippen molar-refractivity contribution in [1.29, 1.82) is 0 Å². The third-order valence-electron chi connectivity index (χ3n) is 2.07. The molecule has 0 aliphatic heterocycles. The number of benzene rings is 1. The van der Waals surface area contributed by atoms with E-state index in [1.807, 2.05) is 0 Å². The Kier molecular flexibility index (Phi) is 2.87. The largest absolute Gasteiger partial charge is 0.478 e. The van der Waals surface area contributed by atoms with Crippen LogP contribution >= 0.6 is 0 Å². The highest BCUT2D eigenvalue weighted by atomic mass is 16.4. The normalized spacial score (nSPS) is 10.8. The van der Waals surface area contributed by atoms with Crippen molar-refractivity contribution in [3.05, 3.63) is 36.7 Å². The van der Waals surface area contributed by atoms with Crippen LogP contribution in [-0.4, -0.2) is 27.0 Å². The summed E-state index contributed by atoms with van der Waals surface area (Å²) in [5.74, 6) is -1.66. The predicted molar refractivity (Wildman–Crippen MR) is 61.5 cm³/mol. The summed E-state index contributed by atoms with van der Waals surface area (Å²) in [5, 5.41) is 10.9. The smallest absolute Gasteiger partial charge is 0.328 e. The van der Waals surface area contributed by atoms with Gasteiger partial charge >= 0.3 is 5.97 Å². The van der Waals surface area contributed by atoms with Crippen LogP contribution < -0.4 is 5.32 Å². The van der Waals surface area contributed by atoms with Crippen molar-refractivity contribution in [3.63, 3.8) is 0 Å². The second-order valence-electron chi connectivity index (χ2n) is 3.30. The van der Waals surface area contributed by atoms with Crippen LogP contribution in [-0.2, 0) is 9.59 Å². The van der Waals surface area contributed by atoms with Crippen LogP contribution in [0.25, 0.3) is 11.0 Å². The molecule has 3 N–H and O–H groups in total. The lowest BCUT2D eigenvalue weighted by Crippen LogP contribution is -2.08. The number of nitrogens with one attached hydrogen (secondary N) is 2. The Hall–Kier alpha value is -2.63. The summed E-state index contributed by atoms with van der Waals surface area (Å²) in [6.45, 7) is 0. The quantitative estimate of drug-likeness (QED) is 0.690. The van der Waals surface area contributed by atoms with Crippen LogP contribution in [0.15, 0.2) is 36.7 Å². The first-order valence-corrected chi connectivity index (χ1v) is 4.80. The molecule has 6 heteroatoms. The number of hydrogen-bond donors (Lipinski definition) is 3. The van der Waals surface area contributed by atoms with Gasteiger partial charge in [0.1, 0.15) is 0 Å². The second-order valence-corrected chi connectivity index (χ2v) is 3.30. The number of rotatable bonds is 3. The molecule has 0 radical (unpaired) electrons.